The molecule has 4 nitrogen and oxygen atoms in total. The van der Waals surface area contributed by atoms with Crippen molar-refractivity contribution in [3.05, 3.63) is 11.5 Å². The molecule has 0 spiro atoms. The lowest BCUT2D eigenvalue weighted by Crippen LogP contribution is -2.19. The molecule has 4 heteroatoms. The summed E-state index contributed by atoms with van der Waals surface area (Å²) in [5, 5.41) is 0. The summed E-state index contributed by atoms with van der Waals surface area (Å²) in [6, 6.07) is 0. The highest BCUT2D eigenvalue weighted by Gasteiger charge is 2.25. The molecule has 102 valence electrons. The van der Waals surface area contributed by atoms with Crippen molar-refractivity contribution in [2.75, 3.05) is 11.6 Å². The van der Waals surface area contributed by atoms with Gasteiger partial charge >= 0.3 is 0 Å². The first-order chi connectivity index (χ1) is 8.38. The molecule has 0 saturated heterocycles. The Morgan fingerprint density at radius 1 is 1.22 bits per heavy atom. The first kappa shape index (κ1) is 13.2. The maximum atomic E-state index is 6.09. The van der Waals surface area contributed by atoms with Gasteiger partial charge in [-0.15, -0.1) is 0 Å². The SMILES string of the molecule is CC(C)(C)Cc1nc(C2CCCCC2)n(N)c1N. The van der Waals surface area contributed by atoms with Crippen molar-refractivity contribution in [1.82, 2.24) is 9.66 Å². The van der Waals surface area contributed by atoms with Crippen molar-refractivity contribution in [2.24, 2.45) is 5.41 Å². The molecule has 0 unspecified atom stereocenters. The Balaban J connectivity index is 2.24. The minimum absolute atomic E-state index is 0.187. The van der Waals surface area contributed by atoms with E-state index in [2.05, 4.69) is 20.8 Å². The maximum absolute atomic E-state index is 6.09. The van der Waals surface area contributed by atoms with Crippen LogP contribution in [-0.2, 0) is 6.42 Å². The van der Waals surface area contributed by atoms with E-state index in [0.29, 0.717) is 11.7 Å². The highest BCUT2D eigenvalue weighted by Crippen LogP contribution is 2.34. The van der Waals surface area contributed by atoms with Gasteiger partial charge in [-0.05, 0) is 24.7 Å². The molecule has 0 radical (unpaired) electrons. The van der Waals surface area contributed by atoms with Gasteiger partial charge in [-0.3, -0.25) is 0 Å². The molecule has 1 aliphatic carbocycles. The number of anilines is 1. The second-order valence-corrected chi connectivity index (χ2v) is 6.74. The number of imidazole rings is 1. The summed E-state index contributed by atoms with van der Waals surface area (Å²) in [5.41, 5.74) is 7.24. The molecule has 0 aromatic carbocycles. The zero-order chi connectivity index (χ0) is 13.3. The number of hydrogen-bond acceptors (Lipinski definition) is 3. The van der Waals surface area contributed by atoms with Gasteiger partial charge in [-0.1, -0.05) is 40.0 Å². The Kier molecular flexibility index (Phi) is 3.55. The second kappa shape index (κ2) is 4.82. The topological polar surface area (TPSA) is 69.9 Å². The second-order valence-electron chi connectivity index (χ2n) is 6.74. The minimum Gasteiger partial charge on any atom is -0.382 e. The van der Waals surface area contributed by atoms with Crippen LogP contribution in [0.4, 0.5) is 5.82 Å². The predicted octanol–water partition coefficient (Wildman–Crippen LogP) is 2.82. The molecule has 1 aromatic heterocycles. The van der Waals surface area contributed by atoms with E-state index in [1.165, 1.54) is 32.1 Å². The number of nitrogens with zero attached hydrogens (tertiary/aromatic N) is 2. The van der Waals surface area contributed by atoms with Crippen molar-refractivity contribution in [2.45, 2.75) is 65.2 Å². The lowest BCUT2D eigenvalue weighted by Gasteiger charge is -2.20. The third kappa shape index (κ3) is 2.79. The fraction of sp³-hybridized carbons (Fsp3) is 0.786. The molecule has 0 bridgehead atoms. The molecular weight excluding hydrogens is 224 g/mol. The number of nitrogens with two attached hydrogens (primary N) is 2. The highest BCUT2D eigenvalue weighted by atomic mass is 15.4. The van der Waals surface area contributed by atoms with Crippen LogP contribution in [-0.4, -0.2) is 9.66 Å². The van der Waals surface area contributed by atoms with Crippen molar-refractivity contribution in [3.8, 4) is 0 Å². The fourth-order valence-electron chi connectivity index (χ4n) is 2.79. The van der Waals surface area contributed by atoms with Gasteiger partial charge in [0.1, 0.15) is 11.6 Å². The maximum Gasteiger partial charge on any atom is 0.146 e. The number of hydrogen-bond donors (Lipinski definition) is 2. The van der Waals surface area contributed by atoms with Crippen molar-refractivity contribution in [3.63, 3.8) is 0 Å². The van der Waals surface area contributed by atoms with Crippen LogP contribution in [0, 0.1) is 5.41 Å². The molecule has 1 aliphatic rings. The Morgan fingerprint density at radius 2 is 1.83 bits per heavy atom. The average molecular weight is 250 g/mol. The third-order valence-electron chi connectivity index (χ3n) is 3.72. The lowest BCUT2D eigenvalue weighted by atomic mass is 9.88. The zero-order valence-corrected chi connectivity index (χ0v) is 11.9. The molecule has 1 saturated carbocycles. The summed E-state index contributed by atoms with van der Waals surface area (Å²) in [7, 11) is 0. The third-order valence-corrected chi connectivity index (χ3v) is 3.72. The average Bonchev–Trinajstić information content (AvgIpc) is 2.57. The zero-order valence-electron chi connectivity index (χ0n) is 11.9. The van der Waals surface area contributed by atoms with E-state index in [0.717, 1.165) is 17.9 Å². The van der Waals surface area contributed by atoms with E-state index in [1.54, 1.807) is 4.68 Å². The Hall–Kier alpha value is -1.19. The summed E-state index contributed by atoms with van der Waals surface area (Å²) < 4.78 is 1.62. The van der Waals surface area contributed by atoms with E-state index in [-0.39, 0.29) is 5.41 Å². The van der Waals surface area contributed by atoms with Crippen LogP contribution >= 0.6 is 0 Å². The summed E-state index contributed by atoms with van der Waals surface area (Å²) in [5.74, 6) is 8.22. The van der Waals surface area contributed by atoms with Crippen LogP contribution in [0.3, 0.4) is 0 Å². The van der Waals surface area contributed by atoms with Gasteiger partial charge in [0.25, 0.3) is 0 Å². The van der Waals surface area contributed by atoms with Crippen LogP contribution in [0.15, 0.2) is 0 Å². The highest BCUT2D eigenvalue weighted by molar-refractivity contribution is 5.39. The molecule has 1 heterocycles. The van der Waals surface area contributed by atoms with Crippen LogP contribution in [0.25, 0.3) is 0 Å². The van der Waals surface area contributed by atoms with E-state index in [1.807, 2.05) is 0 Å². The first-order valence-corrected chi connectivity index (χ1v) is 7.00. The number of aromatic nitrogens is 2. The minimum atomic E-state index is 0.187. The molecule has 0 amide bonds. The van der Waals surface area contributed by atoms with Crippen LogP contribution in [0.1, 0.15) is 70.3 Å². The van der Waals surface area contributed by atoms with E-state index >= 15 is 0 Å². The Bertz CT molecular complexity index is 408. The van der Waals surface area contributed by atoms with Crippen LogP contribution in [0.2, 0.25) is 0 Å². The van der Waals surface area contributed by atoms with Gasteiger partial charge in [0, 0.05) is 5.92 Å². The van der Waals surface area contributed by atoms with E-state index in [9.17, 15) is 0 Å². The van der Waals surface area contributed by atoms with Gasteiger partial charge in [0.05, 0.1) is 5.69 Å². The van der Waals surface area contributed by atoms with E-state index < -0.39 is 0 Å². The number of nitrogen functional groups attached to an aromatic ring is 2. The molecule has 18 heavy (non-hydrogen) atoms. The van der Waals surface area contributed by atoms with Crippen molar-refractivity contribution in [1.29, 1.82) is 0 Å². The Labute approximate surface area is 110 Å². The lowest BCUT2D eigenvalue weighted by molar-refractivity contribution is 0.404. The monoisotopic (exact) mass is 250 g/mol. The van der Waals surface area contributed by atoms with Gasteiger partial charge in [-0.25, -0.2) is 9.66 Å². The Morgan fingerprint density at radius 3 is 2.39 bits per heavy atom. The largest absolute Gasteiger partial charge is 0.382 e. The molecule has 0 atom stereocenters. The van der Waals surface area contributed by atoms with Gasteiger partial charge in [0.15, 0.2) is 0 Å². The molecule has 1 fully saturated rings. The normalized spacial score (nSPS) is 18.2. The first-order valence-electron chi connectivity index (χ1n) is 7.00. The van der Waals surface area contributed by atoms with Crippen molar-refractivity contribution < 1.29 is 0 Å². The predicted molar refractivity (Wildman–Crippen MR) is 75.8 cm³/mol. The number of rotatable bonds is 2. The van der Waals surface area contributed by atoms with Gasteiger partial charge in [0.2, 0.25) is 0 Å². The molecular formula is C14H26N4. The smallest absolute Gasteiger partial charge is 0.146 e. The van der Waals surface area contributed by atoms with Crippen molar-refractivity contribution >= 4 is 5.82 Å². The summed E-state index contributed by atoms with van der Waals surface area (Å²) in [4.78, 5) is 4.73. The van der Waals surface area contributed by atoms with Crippen LogP contribution in [0.5, 0.6) is 0 Å². The molecule has 2 rings (SSSR count). The fourth-order valence-corrected chi connectivity index (χ4v) is 2.79. The molecule has 1 aromatic rings. The van der Waals surface area contributed by atoms with Crippen LogP contribution < -0.4 is 11.6 Å². The molecule has 4 N–H and O–H groups in total. The van der Waals surface area contributed by atoms with Gasteiger partial charge in [-0.2, -0.15) is 0 Å². The molecule has 0 aliphatic heterocycles. The quantitative estimate of drug-likeness (QED) is 0.793. The van der Waals surface area contributed by atoms with E-state index in [4.69, 9.17) is 16.6 Å². The summed E-state index contributed by atoms with van der Waals surface area (Å²) >= 11 is 0. The summed E-state index contributed by atoms with van der Waals surface area (Å²) in [6.07, 6.45) is 7.18. The standard InChI is InChI=1S/C14H26N4/c1-14(2,3)9-11-12(15)18(16)13(17-11)10-7-5-4-6-8-10/h10H,4-9,15-16H2,1-3H3. The summed E-state index contributed by atoms with van der Waals surface area (Å²) in [6.45, 7) is 6.59. The van der Waals surface area contributed by atoms with Gasteiger partial charge < -0.3 is 11.6 Å².